The maximum atomic E-state index is 12.1. The highest BCUT2D eigenvalue weighted by Crippen LogP contribution is 2.25. The van der Waals surface area contributed by atoms with Gasteiger partial charge in [-0.2, -0.15) is 0 Å². The van der Waals surface area contributed by atoms with Crippen molar-refractivity contribution >= 4 is 11.9 Å². The van der Waals surface area contributed by atoms with Gasteiger partial charge in [-0.15, -0.1) is 0 Å². The van der Waals surface area contributed by atoms with E-state index in [0.29, 0.717) is 12.5 Å². The van der Waals surface area contributed by atoms with E-state index in [-0.39, 0.29) is 29.6 Å². The van der Waals surface area contributed by atoms with E-state index in [1.807, 2.05) is 0 Å². The average molecular weight is 309 g/mol. The lowest BCUT2D eigenvalue weighted by molar-refractivity contribution is -0.0338. The number of carbonyl (C=O) groups excluding carboxylic acids is 1. The number of aromatic carboxylic acids is 1. The first-order valence-electron chi connectivity index (χ1n) is 7.80. The molecule has 0 spiro atoms. The van der Waals surface area contributed by atoms with Gasteiger partial charge >= 0.3 is 5.97 Å². The van der Waals surface area contributed by atoms with Crippen molar-refractivity contribution in [2.45, 2.75) is 51.7 Å². The normalized spacial score (nSPS) is 21.8. The number of furan rings is 1. The summed E-state index contributed by atoms with van der Waals surface area (Å²) in [5, 5.41) is 11.7. The molecule has 1 amide bonds. The molecule has 6 nitrogen and oxygen atoms in total. The molecular weight excluding hydrogens is 286 g/mol. The smallest absolute Gasteiger partial charge is 0.371 e. The van der Waals surface area contributed by atoms with Crippen LogP contribution >= 0.6 is 0 Å². The van der Waals surface area contributed by atoms with Crippen molar-refractivity contribution < 1.29 is 23.8 Å². The largest absolute Gasteiger partial charge is 0.475 e. The van der Waals surface area contributed by atoms with Gasteiger partial charge in [0.05, 0.1) is 6.10 Å². The fourth-order valence-electron chi connectivity index (χ4n) is 2.93. The van der Waals surface area contributed by atoms with Gasteiger partial charge in [-0.3, -0.25) is 4.79 Å². The van der Waals surface area contributed by atoms with Gasteiger partial charge in [0.25, 0.3) is 5.91 Å². The minimum absolute atomic E-state index is 0.0305. The fourth-order valence-corrected chi connectivity index (χ4v) is 2.93. The Morgan fingerprint density at radius 1 is 1.32 bits per heavy atom. The molecule has 0 aromatic carbocycles. The fraction of sp³-hybridized carbons (Fsp3) is 0.625. The Hall–Kier alpha value is -1.82. The summed E-state index contributed by atoms with van der Waals surface area (Å²) in [6.45, 7) is 4.93. The monoisotopic (exact) mass is 309 g/mol. The van der Waals surface area contributed by atoms with Crippen LogP contribution < -0.4 is 5.32 Å². The van der Waals surface area contributed by atoms with Crippen LogP contribution in [0.3, 0.4) is 0 Å². The molecule has 1 aromatic rings. The third-order valence-electron chi connectivity index (χ3n) is 4.27. The van der Waals surface area contributed by atoms with Crippen LogP contribution in [0.4, 0.5) is 0 Å². The lowest BCUT2D eigenvalue weighted by atomic mass is 9.89. The molecule has 1 aliphatic heterocycles. The summed E-state index contributed by atoms with van der Waals surface area (Å²) in [7, 11) is 0. The molecule has 6 heteroatoms. The molecule has 0 saturated carbocycles. The van der Waals surface area contributed by atoms with Gasteiger partial charge in [-0.25, -0.2) is 4.79 Å². The van der Waals surface area contributed by atoms with Crippen LogP contribution in [0.5, 0.6) is 0 Å². The Morgan fingerprint density at radius 3 is 2.59 bits per heavy atom. The van der Waals surface area contributed by atoms with E-state index in [1.54, 1.807) is 0 Å². The molecule has 2 atom stereocenters. The summed E-state index contributed by atoms with van der Waals surface area (Å²) in [5.41, 5.74) is 0. The van der Waals surface area contributed by atoms with Crippen LogP contribution in [-0.2, 0) is 4.74 Å². The Morgan fingerprint density at radius 2 is 2.00 bits per heavy atom. The molecule has 1 aliphatic rings. The zero-order valence-corrected chi connectivity index (χ0v) is 13.0. The lowest BCUT2D eigenvalue weighted by Gasteiger charge is -2.34. The van der Waals surface area contributed by atoms with E-state index in [1.165, 1.54) is 12.1 Å². The first-order valence-corrected chi connectivity index (χ1v) is 7.80. The highest BCUT2D eigenvalue weighted by molar-refractivity contribution is 5.93. The van der Waals surface area contributed by atoms with Crippen LogP contribution in [0.25, 0.3) is 0 Å². The number of hydrogen-bond donors (Lipinski definition) is 2. The number of nitrogens with one attached hydrogen (secondary N) is 1. The zero-order chi connectivity index (χ0) is 16.1. The summed E-state index contributed by atoms with van der Waals surface area (Å²) in [4.78, 5) is 22.9. The second kappa shape index (κ2) is 7.45. The van der Waals surface area contributed by atoms with Gasteiger partial charge in [-0.05, 0) is 30.9 Å². The number of carboxylic acid groups (broad SMARTS) is 1. The first-order chi connectivity index (χ1) is 10.5. The van der Waals surface area contributed by atoms with Gasteiger partial charge in [0, 0.05) is 12.6 Å². The van der Waals surface area contributed by atoms with E-state index < -0.39 is 5.97 Å². The second-order valence-corrected chi connectivity index (χ2v) is 5.65. The summed E-state index contributed by atoms with van der Waals surface area (Å²) >= 11 is 0. The van der Waals surface area contributed by atoms with Gasteiger partial charge in [0.15, 0.2) is 5.76 Å². The molecular formula is C16H23NO5. The standard InChI is InChI=1S/C16H23NO5/c1-3-10(4-2)14-9-11(7-8-21-14)17-15(18)12-5-6-13(22-12)16(19)20/h5-6,10-11,14H,3-4,7-9H2,1-2H3,(H,17,18)(H,19,20). The topological polar surface area (TPSA) is 88.8 Å². The van der Waals surface area contributed by atoms with Gasteiger partial charge in [-0.1, -0.05) is 26.7 Å². The second-order valence-electron chi connectivity index (χ2n) is 5.65. The van der Waals surface area contributed by atoms with E-state index in [4.69, 9.17) is 14.3 Å². The number of carboxylic acids is 1. The Kier molecular flexibility index (Phi) is 5.60. The van der Waals surface area contributed by atoms with E-state index in [9.17, 15) is 9.59 Å². The Balaban J connectivity index is 1.94. The predicted octanol–water partition coefficient (Wildman–Crippen LogP) is 2.69. The molecule has 22 heavy (non-hydrogen) atoms. The van der Waals surface area contributed by atoms with Crippen LogP contribution in [0.1, 0.15) is 60.6 Å². The molecule has 2 N–H and O–H groups in total. The van der Waals surface area contributed by atoms with Gasteiger partial charge in [0.1, 0.15) is 0 Å². The van der Waals surface area contributed by atoms with E-state index in [2.05, 4.69) is 19.2 Å². The summed E-state index contributed by atoms with van der Waals surface area (Å²) in [6.07, 6.45) is 3.82. The number of hydrogen-bond acceptors (Lipinski definition) is 4. The highest BCUT2D eigenvalue weighted by atomic mass is 16.5. The maximum Gasteiger partial charge on any atom is 0.371 e. The van der Waals surface area contributed by atoms with Crippen molar-refractivity contribution in [3.8, 4) is 0 Å². The summed E-state index contributed by atoms with van der Waals surface area (Å²) in [5.74, 6) is -1.25. The van der Waals surface area contributed by atoms with Crippen molar-refractivity contribution in [3.05, 3.63) is 23.7 Å². The van der Waals surface area contributed by atoms with Crippen molar-refractivity contribution in [1.29, 1.82) is 0 Å². The van der Waals surface area contributed by atoms with Gasteiger partial charge in [0.2, 0.25) is 5.76 Å². The molecule has 0 bridgehead atoms. The SMILES string of the molecule is CCC(CC)C1CC(NC(=O)c2ccc(C(=O)O)o2)CCO1. The molecule has 2 heterocycles. The van der Waals surface area contributed by atoms with Crippen molar-refractivity contribution in [3.63, 3.8) is 0 Å². The molecule has 1 saturated heterocycles. The van der Waals surface area contributed by atoms with Crippen LogP contribution in [0, 0.1) is 5.92 Å². The van der Waals surface area contributed by atoms with Crippen LogP contribution in [-0.4, -0.2) is 35.7 Å². The van der Waals surface area contributed by atoms with E-state index in [0.717, 1.165) is 25.7 Å². The predicted molar refractivity (Wildman–Crippen MR) is 80.0 cm³/mol. The third-order valence-corrected chi connectivity index (χ3v) is 4.27. The van der Waals surface area contributed by atoms with E-state index >= 15 is 0 Å². The summed E-state index contributed by atoms with van der Waals surface area (Å²) < 4.78 is 10.8. The molecule has 1 aromatic heterocycles. The number of rotatable bonds is 6. The highest BCUT2D eigenvalue weighted by Gasteiger charge is 2.29. The number of amides is 1. The Labute approximate surface area is 129 Å². The maximum absolute atomic E-state index is 12.1. The van der Waals surface area contributed by atoms with Crippen LogP contribution in [0.2, 0.25) is 0 Å². The number of carbonyl (C=O) groups is 2. The number of ether oxygens (including phenoxy) is 1. The molecule has 2 rings (SSSR count). The molecule has 0 radical (unpaired) electrons. The summed E-state index contributed by atoms with van der Waals surface area (Å²) in [6, 6.07) is 2.70. The van der Waals surface area contributed by atoms with Crippen molar-refractivity contribution in [2.24, 2.45) is 5.92 Å². The minimum atomic E-state index is -1.18. The third kappa shape index (κ3) is 3.88. The zero-order valence-electron chi connectivity index (χ0n) is 13.0. The van der Waals surface area contributed by atoms with Crippen molar-refractivity contribution in [2.75, 3.05) is 6.61 Å². The Bertz CT molecular complexity index is 520. The molecule has 2 unspecified atom stereocenters. The molecule has 0 aliphatic carbocycles. The minimum Gasteiger partial charge on any atom is -0.475 e. The molecule has 1 fully saturated rings. The molecule has 122 valence electrons. The first kappa shape index (κ1) is 16.5. The average Bonchev–Trinajstić information content (AvgIpc) is 2.99. The quantitative estimate of drug-likeness (QED) is 0.843. The lowest BCUT2D eigenvalue weighted by Crippen LogP contribution is -2.44. The van der Waals surface area contributed by atoms with Crippen LogP contribution in [0.15, 0.2) is 16.5 Å². The van der Waals surface area contributed by atoms with Crippen molar-refractivity contribution in [1.82, 2.24) is 5.32 Å². The van der Waals surface area contributed by atoms with Gasteiger partial charge < -0.3 is 19.6 Å².